The third-order valence-corrected chi connectivity index (χ3v) is 5.09. The maximum Gasteiger partial charge on any atom is 0.433 e. The summed E-state index contributed by atoms with van der Waals surface area (Å²) in [4.78, 5) is 27.6. The molecule has 0 saturated carbocycles. The largest absolute Gasteiger partial charge is 0.433 e. The summed E-state index contributed by atoms with van der Waals surface area (Å²) < 4.78 is 81.1. The van der Waals surface area contributed by atoms with Crippen LogP contribution in [0, 0.1) is 0 Å². The second kappa shape index (κ2) is 6.95. The number of carbonyl (C=O) groups excluding carboxylic acids is 1. The van der Waals surface area contributed by atoms with E-state index < -0.39 is 35.1 Å². The summed E-state index contributed by atoms with van der Waals surface area (Å²) in [5, 5.41) is 2.14. The van der Waals surface area contributed by atoms with E-state index in [9.17, 15) is 31.1 Å². The minimum atomic E-state index is -4.90. The lowest BCUT2D eigenvalue weighted by molar-refractivity contribution is -0.141. The average Bonchev–Trinajstić information content (AvgIpc) is 3.05. The van der Waals surface area contributed by atoms with Crippen LogP contribution in [0.2, 0.25) is 0 Å². The van der Waals surface area contributed by atoms with Crippen molar-refractivity contribution >= 4 is 28.1 Å². The molecule has 3 aromatic heterocycles. The van der Waals surface area contributed by atoms with Gasteiger partial charge >= 0.3 is 12.4 Å². The summed E-state index contributed by atoms with van der Waals surface area (Å²) in [5.41, 5.74) is -2.80. The summed E-state index contributed by atoms with van der Waals surface area (Å²) in [5.74, 6) is -0.574. The lowest BCUT2D eigenvalue weighted by Crippen LogP contribution is -2.12. The second-order valence-electron chi connectivity index (χ2n) is 7.10. The zero-order chi connectivity index (χ0) is 23.5. The molecule has 4 aromatic rings. The highest BCUT2D eigenvalue weighted by Gasteiger charge is 2.40. The summed E-state index contributed by atoms with van der Waals surface area (Å²) >= 11 is 0. The highest BCUT2D eigenvalue weighted by atomic mass is 19.4. The molecule has 12 heteroatoms. The summed E-state index contributed by atoms with van der Waals surface area (Å²) in [6.45, 7) is 0. The van der Waals surface area contributed by atoms with Crippen molar-refractivity contribution in [3.8, 4) is 11.1 Å². The molecule has 33 heavy (non-hydrogen) atoms. The maximum atomic E-state index is 14.3. The molecule has 1 N–H and O–H groups in total. The monoisotopic (exact) mass is 461 g/mol. The van der Waals surface area contributed by atoms with Gasteiger partial charge in [0.2, 0.25) is 5.78 Å². The van der Waals surface area contributed by atoms with E-state index in [0.717, 1.165) is 24.7 Å². The number of nitrogens with one attached hydrogen (secondary N) is 1. The fourth-order valence-electron chi connectivity index (χ4n) is 3.75. The number of alkyl halides is 6. The highest BCUT2D eigenvalue weighted by molar-refractivity contribution is 6.25. The number of fused-ring (bicyclic) bond motifs is 5. The topological polar surface area (TPSA) is 80.7 Å². The van der Waals surface area contributed by atoms with Gasteiger partial charge in [-0.25, -0.2) is 15.0 Å². The van der Waals surface area contributed by atoms with Crippen molar-refractivity contribution in [1.29, 1.82) is 0 Å². The van der Waals surface area contributed by atoms with Gasteiger partial charge in [-0.05, 0) is 24.3 Å². The Morgan fingerprint density at radius 3 is 2.24 bits per heavy atom. The van der Waals surface area contributed by atoms with Gasteiger partial charge in [-0.2, -0.15) is 26.3 Å². The molecule has 6 nitrogen and oxygen atoms in total. The van der Waals surface area contributed by atoms with Crippen LogP contribution in [0.1, 0.15) is 27.3 Å². The Kier molecular flexibility index (Phi) is 4.38. The molecule has 5 rings (SSSR count). The predicted molar refractivity (Wildman–Crippen MR) is 104 cm³/mol. The number of hydrogen-bond acceptors (Lipinski definition) is 6. The van der Waals surface area contributed by atoms with Crippen molar-refractivity contribution in [2.75, 3.05) is 5.32 Å². The standard InChI is InChI=1S/C21H9F6N5O/c22-20(23,24)14-4-1-9(5-30-14)32-13-3-2-12-16(17(13)21(25,26)27)15-10-6-28-8-31-18(10)19(33)11(15)7-29-12/h1-8,32H. The average molecular weight is 461 g/mol. The van der Waals surface area contributed by atoms with Crippen LogP contribution in [0.25, 0.3) is 22.0 Å². The molecular formula is C21H9F6N5O. The summed E-state index contributed by atoms with van der Waals surface area (Å²) in [6, 6.07) is 4.06. The molecule has 3 heterocycles. The van der Waals surface area contributed by atoms with E-state index in [1.165, 1.54) is 18.5 Å². The Morgan fingerprint density at radius 2 is 1.58 bits per heavy atom. The number of pyridine rings is 2. The zero-order valence-corrected chi connectivity index (χ0v) is 16.1. The molecule has 0 spiro atoms. The second-order valence-corrected chi connectivity index (χ2v) is 7.10. The number of ketones is 1. The van der Waals surface area contributed by atoms with Crippen molar-refractivity contribution in [1.82, 2.24) is 19.9 Å². The van der Waals surface area contributed by atoms with Gasteiger partial charge in [-0.15, -0.1) is 0 Å². The number of carbonyl (C=O) groups is 1. The van der Waals surface area contributed by atoms with Crippen molar-refractivity contribution < 1.29 is 31.1 Å². The van der Waals surface area contributed by atoms with E-state index in [0.29, 0.717) is 6.07 Å². The lowest BCUT2D eigenvalue weighted by Gasteiger charge is -2.19. The van der Waals surface area contributed by atoms with Crippen LogP contribution >= 0.6 is 0 Å². The van der Waals surface area contributed by atoms with Gasteiger partial charge < -0.3 is 5.32 Å². The molecule has 166 valence electrons. The van der Waals surface area contributed by atoms with Crippen LogP contribution in [0.3, 0.4) is 0 Å². The van der Waals surface area contributed by atoms with Gasteiger partial charge in [-0.3, -0.25) is 9.78 Å². The Hall–Kier alpha value is -4.09. The molecule has 1 aromatic carbocycles. The zero-order valence-electron chi connectivity index (χ0n) is 16.1. The minimum Gasteiger partial charge on any atom is -0.354 e. The molecule has 0 bridgehead atoms. The van der Waals surface area contributed by atoms with Crippen molar-refractivity contribution in [3.63, 3.8) is 0 Å². The molecule has 0 aliphatic heterocycles. The van der Waals surface area contributed by atoms with E-state index in [4.69, 9.17) is 0 Å². The van der Waals surface area contributed by atoms with Gasteiger partial charge in [0.15, 0.2) is 0 Å². The fraction of sp³-hybridized carbons (Fsp3) is 0.0952. The third-order valence-electron chi connectivity index (χ3n) is 5.09. The molecule has 0 amide bonds. The Morgan fingerprint density at radius 1 is 0.788 bits per heavy atom. The molecule has 0 unspecified atom stereocenters. The first-order valence-corrected chi connectivity index (χ1v) is 9.24. The fourth-order valence-corrected chi connectivity index (χ4v) is 3.75. The molecule has 1 aliphatic carbocycles. The molecule has 1 aliphatic rings. The van der Waals surface area contributed by atoms with Crippen LogP contribution in [0.4, 0.5) is 37.7 Å². The molecular weight excluding hydrogens is 452 g/mol. The first-order chi connectivity index (χ1) is 15.6. The normalized spacial score (nSPS) is 13.2. The van der Waals surface area contributed by atoms with Gasteiger partial charge in [0.25, 0.3) is 0 Å². The minimum absolute atomic E-state index is 0.00196. The Bertz CT molecular complexity index is 1430. The first-order valence-electron chi connectivity index (χ1n) is 9.24. The van der Waals surface area contributed by atoms with E-state index in [2.05, 4.69) is 25.3 Å². The van der Waals surface area contributed by atoms with Gasteiger partial charge in [0, 0.05) is 28.9 Å². The Balaban J connectivity index is 1.73. The van der Waals surface area contributed by atoms with E-state index in [-0.39, 0.29) is 39.0 Å². The molecule has 0 fully saturated rings. The van der Waals surface area contributed by atoms with Crippen LogP contribution in [-0.2, 0) is 12.4 Å². The Labute approximate surface area is 180 Å². The van der Waals surface area contributed by atoms with Gasteiger partial charge in [-0.1, -0.05) is 0 Å². The number of aromatic nitrogens is 4. The van der Waals surface area contributed by atoms with E-state index >= 15 is 0 Å². The molecule has 0 radical (unpaired) electrons. The summed E-state index contributed by atoms with van der Waals surface area (Å²) in [6.07, 6.45) is -5.24. The van der Waals surface area contributed by atoms with Crippen LogP contribution < -0.4 is 5.32 Å². The number of rotatable bonds is 2. The SMILES string of the molecule is O=C1c2cnc3ccc(Nc4ccc(C(F)(F)F)nc4)c(C(F)(F)F)c3c2-c2cncnc21. The summed E-state index contributed by atoms with van der Waals surface area (Å²) in [7, 11) is 0. The predicted octanol–water partition coefficient (Wildman–Crippen LogP) is 5.41. The molecule has 0 atom stereocenters. The van der Waals surface area contributed by atoms with Crippen LogP contribution in [-0.4, -0.2) is 25.7 Å². The van der Waals surface area contributed by atoms with Crippen molar-refractivity contribution in [3.05, 3.63) is 71.7 Å². The quantitative estimate of drug-likeness (QED) is 0.354. The number of nitrogens with zero attached hydrogens (tertiary/aromatic N) is 4. The molecule has 0 saturated heterocycles. The number of hydrogen-bond donors (Lipinski definition) is 1. The number of halogens is 6. The van der Waals surface area contributed by atoms with Crippen LogP contribution in [0.15, 0.2) is 49.2 Å². The highest BCUT2D eigenvalue weighted by Crippen LogP contribution is 2.47. The smallest absolute Gasteiger partial charge is 0.354 e. The van der Waals surface area contributed by atoms with Gasteiger partial charge in [0.05, 0.1) is 34.2 Å². The van der Waals surface area contributed by atoms with E-state index in [1.807, 2.05) is 0 Å². The van der Waals surface area contributed by atoms with Crippen LogP contribution in [0.5, 0.6) is 0 Å². The third kappa shape index (κ3) is 3.34. The number of anilines is 2. The van der Waals surface area contributed by atoms with Crippen molar-refractivity contribution in [2.24, 2.45) is 0 Å². The maximum absolute atomic E-state index is 14.3. The first kappa shape index (κ1) is 20.8. The lowest BCUT2D eigenvalue weighted by atomic mass is 9.96. The van der Waals surface area contributed by atoms with E-state index in [1.54, 1.807) is 0 Å². The number of benzene rings is 1. The van der Waals surface area contributed by atoms with Crippen molar-refractivity contribution in [2.45, 2.75) is 12.4 Å². The van der Waals surface area contributed by atoms with Gasteiger partial charge in [0.1, 0.15) is 17.7 Å².